The Morgan fingerprint density at radius 1 is 1.10 bits per heavy atom. The average molecular weight is 403 g/mol. The van der Waals surface area contributed by atoms with Gasteiger partial charge in [0.1, 0.15) is 11.6 Å². The van der Waals surface area contributed by atoms with Gasteiger partial charge in [-0.25, -0.2) is 4.39 Å². The Bertz CT molecular complexity index is 976. The zero-order valence-electron chi connectivity index (χ0n) is 17.9. The van der Waals surface area contributed by atoms with Gasteiger partial charge in [-0.05, 0) is 98.1 Å². The molecular formula is C28H31FO. The zero-order chi connectivity index (χ0) is 20.7. The van der Waals surface area contributed by atoms with Crippen LogP contribution in [0.4, 0.5) is 4.39 Å². The first-order valence-electron chi connectivity index (χ1n) is 11.5. The molecule has 1 nitrogen and oxygen atoms in total. The third kappa shape index (κ3) is 3.73. The second kappa shape index (κ2) is 8.06. The molecule has 4 atom stereocenters. The fourth-order valence-corrected chi connectivity index (χ4v) is 5.73. The second-order valence-electron chi connectivity index (χ2n) is 9.55. The number of benzene rings is 1. The lowest BCUT2D eigenvalue weighted by atomic mass is 9.70. The summed E-state index contributed by atoms with van der Waals surface area (Å²) in [5.74, 6) is 2.72. The minimum absolute atomic E-state index is 0.176. The zero-order valence-corrected chi connectivity index (χ0v) is 17.9. The molecule has 0 spiro atoms. The van der Waals surface area contributed by atoms with E-state index in [0.29, 0.717) is 29.9 Å². The molecule has 1 saturated carbocycles. The van der Waals surface area contributed by atoms with E-state index < -0.39 is 0 Å². The van der Waals surface area contributed by atoms with Gasteiger partial charge in [-0.3, -0.25) is 0 Å². The SMILES string of the molecule is C=C(C)C1CCC2CCCC3=CC4=C(C=CC4C=C3)c3cc(ccc3F)OCC2C1. The first-order chi connectivity index (χ1) is 14.6. The van der Waals surface area contributed by atoms with Gasteiger partial charge in [0.25, 0.3) is 0 Å². The van der Waals surface area contributed by atoms with Crippen molar-refractivity contribution < 1.29 is 9.13 Å². The van der Waals surface area contributed by atoms with Crippen molar-refractivity contribution >= 4 is 5.57 Å². The van der Waals surface area contributed by atoms with Gasteiger partial charge in [0.05, 0.1) is 6.61 Å². The van der Waals surface area contributed by atoms with Gasteiger partial charge < -0.3 is 4.74 Å². The van der Waals surface area contributed by atoms with E-state index in [-0.39, 0.29) is 11.7 Å². The molecule has 1 aliphatic heterocycles. The fraction of sp³-hybridized carbons (Fsp3) is 0.429. The summed E-state index contributed by atoms with van der Waals surface area (Å²) in [6.45, 7) is 7.10. The minimum atomic E-state index is -0.176. The molecule has 4 unspecified atom stereocenters. The van der Waals surface area contributed by atoms with Crippen LogP contribution in [0.25, 0.3) is 5.57 Å². The molecule has 30 heavy (non-hydrogen) atoms. The van der Waals surface area contributed by atoms with E-state index in [1.165, 1.54) is 42.4 Å². The van der Waals surface area contributed by atoms with Crippen LogP contribution in [-0.2, 0) is 0 Å². The maximum atomic E-state index is 14.8. The van der Waals surface area contributed by atoms with Crippen LogP contribution in [0.3, 0.4) is 0 Å². The normalized spacial score (nSPS) is 30.3. The number of hydrogen-bond acceptors (Lipinski definition) is 1. The van der Waals surface area contributed by atoms with Crippen LogP contribution >= 0.6 is 0 Å². The molecule has 1 fully saturated rings. The number of allylic oxidation sites excluding steroid dienone is 9. The maximum absolute atomic E-state index is 14.8. The quantitative estimate of drug-likeness (QED) is 0.444. The summed E-state index contributed by atoms with van der Waals surface area (Å²) >= 11 is 0. The van der Waals surface area contributed by atoms with Crippen molar-refractivity contribution in [1.29, 1.82) is 0 Å². The van der Waals surface area contributed by atoms with E-state index >= 15 is 0 Å². The molecule has 1 aromatic rings. The van der Waals surface area contributed by atoms with Crippen molar-refractivity contribution in [2.75, 3.05) is 6.61 Å². The summed E-state index contributed by atoms with van der Waals surface area (Å²) in [6, 6.07) is 5.24. The Hall–Kier alpha value is -2.35. The highest BCUT2D eigenvalue weighted by molar-refractivity contribution is 5.84. The number of fused-ring (bicyclic) bond motifs is 4. The van der Waals surface area contributed by atoms with Crippen LogP contribution in [-0.4, -0.2) is 6.61 Å². The summed E-state index contributed by atoms with van der Waals surface area (Å²) in [5, 5.41) is 0. The van der Waals surface area contributed by atoms with Crippen LogP contribution in [0.5, 0.6) is 5.75 Å². The molecule has 0 saturated heterocycles. The van der Waals surface area contributed by atoms with Crippen LogP contribution in [0, 0.1) is 29.5 Å². The van der Waals surface area contributed by atoms with E-state index in [9.17, 15) is 4.39 Å². The third-order valence-electron chi connectivity index (χ3n) is 7.57. The van der Waals surface area contributed by atoms with Gasteiger partial charge in [0.15, 0.2) is 0 Å². The molecule has 0 N–H and O–H groups in total. The molecule has 2 heteroatoms. The summed E-state index contributed by atoms with van der Waals surface area (Å²) in [7, 11) is 0. The first-order valence-corrected chi connectivity index (χ1v) is 11.5. The van der Waals surface area contributed by atoms with Gasteiger partial charge in [0.2, 0.25) is 0 Å². The second-order valence-corrected chi connectivity index (χ2v) is 9.55. The van der Waals surface area contributed by atoms with Gasteiger partial charge >= 0.3 is 0 Å². The highest BCUT2D eigenvalue weighted by atomic mass is 19.1. The summed E-state index contributed by atoms with van der Waals surface area (Å²) in [4.78, 5) is 0. The number of ether oxygens (including phenoxy) is 1. The molecule has 4 bridgehead atoms. The van der Waals surface area contributed by atoms with Gasteiger partial charge in [-0.15, -0.1) is 0 Å². The van der Waals surface area contributed by atoms with E-state index in [1.807, 2.05) is 6.07 Å². The maximum Gasteiger partial charge on any atom is 0.131 e. The standard InChI is InChI=1S/C28H31FO/c1-18(2)22-9-8-20-5-3-4-19-6-7-21-10-12-25(26(21)14-19)27-16-24(11-13-28(27)29)30-17-23(20)15-22/h6-7,10-14,16,20-23H,1,3-5,8-9,15,17H2,2H3. The van der Waals surface area contributed by atoms with Crippen LogP contribution < -0.4 is 4.74 Å². The molecule has 0 radical (unpaired) electrons. The minimum Gasteiger partial charge on any atom is -0.493 e. The van der Waals surface area contributed by atoms with Crippen molar-refractivity contribution in [2.45, 2.75) is 45.4 Å². The molecule has 1 aromatic carbocycles. The Balaban J connectivity index is 1.50. The average Bonchev–Trinajstić information content (AvgIpc) is 3.16. The molecule has 1 heterocycles. The lowest BCUT2D eigenvalue weighted by molar-refractivity contribution is 0.120. The highest BCUT2D eigenvalue weighted by Crippen LogP contribution is 2.42. The Morgan fingerprint density at radius 2 is 1.97 bits per heavy atom. The topological polar surface area (TPSA) is 9.23 Å². The molecule has 0 amide bonds. The summed E-state index contributed by atoms with van der Waals surface area (Å²) < 4.78 is 21.1. The van der Waals surface area contributed by atoms with Gasteiger partial charge in [-0.2, -0.15) is 0 Å². The largest absolute Gasteiger partial charge is 0.493 e. The van der Waals surface area contributed by atoms with Crippen molar-refractivity contribution in [2.24, 2.45) is 23.7 Å². The highest BCUT2D eigenvalue weighted by Gasteiger charge is 2.31. The Labute approximate surface area is 179 Å². The van der Waals surface area contributed by atoms with E-state index in [2.05, 4.69) is 43.9 Å². The van der Waals surface area contributed by atoms with Gasteiger partial charge in [0, 0.05) is 11.5 Å². The van der Waals surface area contributed by atoms with E-state index in [1.54, 1.807) is 12.1 Å². The van der Waals surface area contributed by atoms with Crippen molar-refractivity contribution in [3.8, 4) is 5.75 Å². The lowest BCUT2D eigenvalue weighted by Crippen LogP contribution is -2.30. The molecule has 0 aromatic heterocycles. The molecule has 5 rings (SSSR count). The van der Waals surface area contributed by atoms with Crippen LogP contribution in [0.15, 0.2) is 71.9 Å². The van der Waals surface area contributed by atoms with Crippen molar-refractivity contribution in [1.82, 2.24) is 0 Å². The number of halogens is 1. The smallest absolute Gasteiger partial charge is 0.131 e. The summed E-state index contributed by atoms with van der Waals surface area (Å²) in [5.41, 5.74) is 5.56. The van der Waals surface area contributed by atoms with E-state index in [4.69, 9.17) is 4.74 Å². The predicted octanol–water partition coefficient (Wildman–Crippen LogP) is 7.43. The first kappa shape index (κ1) is 19.6. The Morgan fingerprint density at radius 3 is 2.83 bits per heavy atom. The van der Waals surface area contributed by atoms with Gasteiger partial charge in [-0.1, -0.05) is 42.5 Å². The number of hydrogen-bond donors (Lipinski definition) is 0. The summed E-state index contributed by atoms with van der Waals surface area (Å²) in [6.07, 6.45) is 18.3. The molecular weight excluding hydrogens is 371 g/mol. The monoisotopic (exact) mass is 402 g/mol. The fourth-order valence-electron chi connectivity index (χ4n) is 5.73. The predicted molar refractivity (Wildman–Crippen MR) is 122 cm³/mol. The third-order valence-corrected chi connectivity index (χ3v) is 7.57. The lowest BCUT2D eigenvalue weighted by Gasteiger charge is -2.36. The van der Waals surface area contributed by atoms with E-state index in [0.717, 1.165) is 24.2 Å². The molecule has 3 aliphatic carbocycles. The van der Waals surface area contributed by atoms with Crippen molar-refractivity contribution in [3.05, 3.63) is 83.3 Å². The Kier molecular flexibility index (Phi) is 5.26. The molecule has 156 valence electrons. The molecule has 4 aliphatic rings. The van der Waals surface area contributed by atoms with Crippen LogP contribution in [0.1, 0.15) is 51.0 Å². The number of rotatable bonds is 1. The van der Waals surface area contributed by atoms with Crippen molar-refractivity contribution in [3.63, 3.8) is 0 Å². The van der Waals surface area contributed by atoms with Crippen LogP contribution in [0.2, 0.25) is 0 Å².